The first-order valence-corrected chi connectivity index (χ1v) is 8.86. The fourth-order valence-corrected chi connectivity index (χ4v) is 2.74. The van der Waals surface area contributed by atoms with Gasteiger partial charge in [0.05, 0.1) is 11.1 Å². The fraction of sp³-hybridized carbons (Fsp3) is 0.0952. The predicted molar refractivity (Wildman–Crippen MR) is 112 cm³/mol. The zero-order valence-electron chi connectivity index (χ0n) is 15.6. The Morgan fingerprint density at radius 1 is 1.03 bits per heavy atom. The molecule has 0 aliphatic rings. The van der Waals surface area contributed by atoms with Gasteiger partial charge in [-0.05, 0) is 48.2 Å². The molecule has 2 aromatic heterocycles. The van der Waals surface area contributed by atoms with Crippen LogP contribution in [0.5, 0.6) is 0 Å². The lowest BCUT2D eigenvalue weighted by Gasteiger charge is -2.07. The van der Waals surface area contributed by atoms with Crippen LogP contribution in [-0.4, -0.2) is 28.0 Å². The number of nitrogens with zero attached hydrogens (tertiary/aromatic N) is 3. The van der Waals surface area contributed by atoms with Gasteiger partial charge in [0.15, 0.2) is 6.29 Å². The highest BCUT2D eigenvalue weighted by molar-refractivity contribution is 6.11. The van der Waals surface area contributed by atoms with E-state index in [4.69, 9.17) is 17.2 Å². The Labute approximate surface area is 167 Å². The topological polar surface area (TPSA) is 150 Å². The number of anilines is 2. The number of nitrogen functional groups attached to an aromatic ring is 2. The molecule has 1 aromatic carbocycles. The Hall–Kier alpha value is -4.07. The molecule has 0 fully saturated rings. The van der Waals surface area contributed by atoms with E-state index < -0.39 is 5.91 Å². The zero-order chi connectivity index (χ0) is 20.8. The molecule has 29 heavy (non-hydrogen) atoms. The molecule has 0 unspecified atom stereocenters. The Balaban J connectivity index is 1.72. The lowest BCUT2D eigenvalue weighted by Crippen LogP contribution is -2.19. The molecule has 0 saturated heterocycles. The lowest BCUT2D eigenvalue weighted by molar-refractivity contribution is 0.100. The van der Waals surface area contributed by atoms with Gasteiger partial charge < -0.3 is 17.2 Å². The number of aromatic nitrogens is 2. The van der Waals surface area contributed by atoms with E-state index in [9.17, 15) is 9.59 Å². The van der Waals surface area contributed by atoms with Gasteiger partial charge in [-0.15, -0.1) is 0 Å². The molecular formula is C21H20N6O2. The van der Waals surface area contributed by atoms with Crippen molar-refractivity contribution < 1.29 is 9.59 Å². The maximum Gasteiger partial charge on any atom is 0.278 e. The van der Waals surface area contributed by atoms with Crippen LogP contribution in [-0.2, 0) is 12.8 Å². The van der Waals surface area contributed by atoms with E-state index in [-0.39, 0.29) is 28.6 Å². The number of rotatable bonds is 6. The van der Waals surface area contributed by atoms with Gasteiger partial charge >= 0.3 is 0 Å². The van der Waals surface area contributed by atoms with Gasteiger partial charge in [-0.25, -0.2) is 4.98 Å². The predicted octanol–water partition coefficient (Wildman–Crippen LogP) is 1.78. The van der Waals surface area contributed by atoms with Crippen LogP contribution in [0.4, 0.5) is 11.6 Å². The average molecular weight is 388 g/mol. The largest absolute Gasteiger partial charge is 0.383 e. The van der Waals surface area contributed by atoms with Crippen molar-refractivity contribution >= 4 is 29.7 Å². The number of benzene rings is 1. The number of hydrogen-bond donors (Lipinski definition) is 3. The second-order valence-electron chi connectivity index (χ2n) is 6.37. The highest BCUT2D eigenvalue weighted by atomic mass is 16.1. The summed E-state index contributed by atoms with van der Waals surface area (Å²) in [5.41, 5.74) is 20.2. The van der Waals surface area contributed by atoms with E-state index >= 15 is 0 Å². The van der Waals surface area contributed by atoms with Gasteiger partial charge in [0.2, 0.25) is 0 Å². The number of pyridine rings is 2. The maximum absolute atomic E-state index is 12.4. The molecule has 0 saturated carbocycles. The molecule has 6 N–H and O–H groups in total. The van der Waals surface area contributed by atoms with Crippen LogP contribution in [0.15, 0.2) is 59.9 Å². The van der Waals surface area contributed by atoms with Crippen molar-refractivity contribution in [3.8, 4) is 0 Å². The molecule has 3 aromatic rings. The first-order valence-electron chi connectivity index (χ1n) is 8.86. The van der Waals surface area contributed by atoms with Gasteiger partial charge in [0, 0.05) is 18.0 Å². The number of carbonyl (C=O) groups excluding carboxylic acids is 2. The van der Waals surface area contributed by atoms with Gasteiger partial charge in [-0.2, -0.15) is 4.99 Å². The van der Waals surface area contributed by atoms with E-state index in [1.165, 1.54) is 6.07 Å². The SMILES string of the molecule is NC(=NC(=O)c1ccc(CCc2cccnc2)cc1)c1cc(C=O)c(N)nc1N. The van der Waals surface area contributed by atoms with Gasteiger partial charge in [-0.3, -0.25) is 14.6 Å². The highest BCUT2D eigenvalue weighted by Crippen LogP contribution is 2.16. The van der Waals surface area contributed by atoms with Crippen LogP contribution < -0.4 is 17.2 Å². The van der Waals surface area contributed by atoms with Crippen molar-refractivity contribution in [1.82, 2.24) is 9.97 Å². The molecular weight excluding hydrogens is 368 g/mol. The Morgan fingerprint density at radius 3 is 2.41 bits per heavy atom. The zero-order valence-corrected chi connectivity index (χ0v) is 15.6. The Bertz CT molecular complexity index is 1060. The molecule has 0 aliphatic heterocycles. The number of nitrogens with two attached hydrogens (primary N) is 3. The number of aryl methyl sites for hydroxylation is 2. The molecule has 0 aliphatic carbocycles. The first kappa shape index (κ1) is 19.7. The summed E-state index contributed by atoms with van der Waals surface area (Å²) in [6.45, 7) is 0. The molecule has 0 spiro atoms. The lowest BCUT2D eigenvalue weighted by atomic mass is 10.0. The molecule has 2 heterocycles. The molecule has 3 rings (SSSR count). The quantitative estimate of drug-likeness (QED) is 0.331. The van der Waals surface area contributed by atoms with E-state index in [2.05, 4.69) is 15.0 Å². The van der Waals surface area contributed by atoms with Gasteiger partial charge in [0.25, 0.3) is 5.91 Å². The normalized spacial score (nSPS) is 11.2. The van der Waals surface area contributed by atoms with E-state index in [0.29, 0.717) is 11.8 Å². The minimum absolute atomic E-state index is 0.00657. The number of carbonyl (C=O) groups is 2. The van der Waals surface area contributed by atoms with E-state index in [1.54, 1.807) is 18.3 Å². The summed E-state index contributed by atoms with van der Waals surface area (Å²) >= 11 is 0. The maximum atomic E-state index is 12.4. The summed E-state index contributed by atoms with van der Waals surface area (Å²) in [4.78, 5) is 35.3. The van der Waals surface area contributed by atoms with Crippen LogP contribution >= 0.6 is 0 Å². The number of aldehydes is 1. The van der Waals surface area contributed by atoms with E-state index in [0.717, 1.165) is 24.0 Å². The molecule has 1 amide bonds. The number of aliphatic imine (C=N–C) groups is 1. The second-order valence-corrected chi connectivity index (χ2v) is 6.37. The number of hydrogen-bond acceptors (Lipinski definition) is 6. The van der Waals surface area contributed by atoms with Crippen LogP contribution in [0.1, 0.15) is 37.4 Å². The molecule has 0 bridgehead atoms. The minimum Gasteiger partial charge on any atom is -0.383 e. The second kappa shape index (κ2) is 8.75. The van der Waals surface area contributed by atoms with Crippen molar-refractivity contribution in [2.75, 3.05) is 11.5 Å². The summed E-state index contributed by atoms with van der Waals surface area (Å²) in [5, 5.41) is 0. The summed E-state index contributed by atoms with van der Waals surface area (Å²) in [5.74, 6) is -0.677. The molecule has 8 nitrogen and oxygen atoms in total. The summed E-state index contributed by atoms with van der Waals surface area (Å²) in [7, 11) is 0. The van der Waals surface area contributed by atoms with Crippen molar-refractivity contribution in [2.45, 2.75) is 12.8 Å². The Kier molecular flexibility index (Phi) is 5.94. The monoisotopic (exact) mass is 388 g/mol. The summed E-state index contributed by atoms with van der Waals surface area (Å²) < 4.78 is 0. The molecule has 0 radical (unpaired) electrons. The fourth-order valence-electron chi connectivity index (χ4n) is 2.74. The molecule has 146 valence electrons. The van der Waals surface area contributed by atoms with E-state index in [1.807, 2.05) is 30.5 Å². The third-order valence-corrected chi connectivity index (χ3v) is 4.36. The van der Waals surface area contributed by atoms with Crippen molar-refractivity contribution in [3.05, 3.63) is 82.7 Å². The van der Waals surface area contributed by atoms with Crippen molar-refractivity contribution in [3.63, 3.8) is 0 Å². The van der Waals surface area contributed by atoms with Crippen molar-refractivity contribution in [1.29, 1.82) is 0 Å². The van der Waals surface area contributed by atoms with Gasteiger partial charge in [0.1, 0.15) is 17.5 Å². The highest BCUT2D eigenvalue weighted by Gasteiger charge is 2.13. The average Bonchev–Trinajstić information content (AvgIpc) is 2.73. The smallest absolute Gasteiger partial charge is 0.278 e. The van der Waals surface area contributed by atoms with Crippen LogP contribution in [0, 0.1) is 0 Å². The van der Waals surface area contributed by atoms with Crippen LogP contribution in [0.2, 0.25) is 0 Å². The molecule has 8 heteroatoms. The summed E-state index contributed by atoms with van der Waals surface area (Å²) in [6.07, 6.45) is 5.79. The standard InChI is InChI=1S/C21H20N6O2/c22-18-16(12-28)10-17(19(23)26-18)20(24)27-21(29)15-7-5-13(6-8-15)3-4-14-2-1-9-25-11-14/h1-2,5-12H,3-4H2,(H4,22,23,26)(H2,24,27,29). The van der Waals surface area contributed by atoms with Crippen LogP contribution in [0.25, 0.3) is 0 Å². The summed E-state index contributed by atoms with van der Waals surface area (Å²) in [6, 6.07) is 12.4. The van der Waals surface area contributed by atoms with Gasteiger partial charge in [-0.1, -0.05) is 18.2 Å². The third-order valence-electron chi connectivity index (χ3n) is 4.36. The number of amides is 1. The Morgan fingerprint density at radius 2 is 1.76 bits per heavy atom. The minimum atomic E-state index is -0.523. The number of amidine groups is 1. The van der Waals surface area contributed by atoms with Crippen LogP contribution in [0.3, 0.4) is 0 Å². The third kappa shape index (κ3) is 4.81. The van der Waals surface area contributed by atoms with Crippen molar-refractivity contribution in [2.24, 2.45) is 10.7 Å². The first-order chi connectivity index (χ1) is 14.0. The molecule has 0 atom stereocenters.